The molecule has 1 unspecified atom stereocenters. The fourth-order valence-corrected chi connectivity index (χ4v) is 4.27. The largest absolute Gasteiger partial charge is 0.383 e. The number of hydrogen-bond acceptors (Lipinski definition) is 4. The van der Waals surface area contributed by atoms with Crippen LogP contribution < -0.4 is 11.1 Å². The minimum Gasteiger partial charge on any atom is -0.383 e. The van der Waals surface area contributed by atoms with Crippen LogP contribution in [0.25, 0.3) is 22.0 Å². The SMILES string of the molecule is Nc1nc(-c2ccc3c(c2)CN(C2CCCNC2)C3=O)cc2ccccc12. The lowest BCUT2D eigenvalue weighted by Crippen LogP contribution is -2.46. The van der Waals surface area contributed by atoms with Gasteiger partial charge in [-0.3, -0.25) is 4.79 Å². The van der Waals surface area contributed by atoms with E-state index in [1.165, 1.54) is 0 Å². The van der Waals surface area contributed by atoms with Gasteiger partial charge in [-0.05, 0) is 48.5 Å². The van der Waals surface area contributed by atoms with Crippen molar-refractivity contribution in [3.05, 3.63) is 59.7 Å². The lowest BCUT2D eigenvalue weighted by Gasteiger charge is -2.31. The van der Waals surface area contributed by atoms with Crippen molar-refractivity contribution < 1.29 is 4.79 Å². The average Bonchev–Trinajstić information content (AvgIpc) is 3.05. The van der Waals surface area contributed by atoms with Crippen LogP contribution in [-0.4, -0.2) is 34.9 Å². The first-order valence-electron chi connectivity index (χ1n) is 9.51. The number of nitrogens with zero attached hydrogens (tertiary/aromatic N) is 2. The molecule has 0 aliphatic carbocycles. The molecule has 2 aliphatic heterocycles. The predicted molar refractivity (Wildman–Crippen MR) is 107 cm³/mol. The number of nitrogens with two attached hydrogens (primary N) is 1. The Labute approximate surface area is 158 Å². The Hall–Kier alpha value is -2.92. The van der Waals surface area contributed by atoms with E-state index in [1.807, 2.05) is 41.3 Å². The molecule has 2 aliphatic rings. The Morgan fingerprint density at radius 3 is 2.89 bits per heavy atom. The van der Waals surface area contributed by atoms with Gasteiger partial charge in [-0.25, -0.2) is 4.98 Å². The highest BCUT2D eigenvalue weighted by atomic mass is 16.2. The van der Waals surface area contributed by atoms with Crippen molar-refractivity contribution in [3.63, 3.8) is 0 Å². The molecule has 1 fully saturated rings. The molecule has 3 N–H and O–H groups in total. The maximum absolute atomic E-state index is 12.8. The highest BCUT2D eigenvalue weighted by Crippen LogP contribution is 2.32. The molecule has 1 aromatic heterocycles. The van der Waals surface area contributed by atoms with E-state index in [4.69, 9.17) is 5.73 Å². The maximum atomic E-state index is 12.8. The van der Waals surface area contributed by atoms with Gasteiger partial charge in [-0.15, -0.1) is 0 Å². The topological polar surface area (TPSA) is 71.2 Å². The van der Waals surface area contributed by atoms with Crippen molar-refractivity contribution in [2.75, 3.05) is 18.8 Å². The van der Waals surface area contributed by atoms with Gasteiger partial charge in [0.05, 0.1) is 5.69 Å². The quantitative estimate of drug-likeness (QED) is 0.738. The Balaban J connectivity index is 1.50. The first-order chi connectivity index (χ1) is 13.2. The van der Waals surface area contributed by atoms with Gasteiger partial charge in [0.15, 0.2) is 0 Å². The zero-order valence-corrected chi connectivity index (χ0v) is 15.1. The van der Waals surface area contributed by atoms with Crippen LogP contribution in [0.3, 0.4) is 0 Å². The number of carbonyl (C=O) groups excluding carboxylic acids is 1. The Morgan fingerprint density at radius 1 is 1.15 bits per heavy atom. The molecule has 1 atom stereocenters. The summed E-state index contributed by atoms with van der Waals surface area (Å²) in [6, 6.07) is 16.4. The van der Waals surface area contributed by atoms with Crippen LogP contribution in [0.1, 0.15) is 28.8 Å². The van der Waals surface area contributed by atoms with E-state index in [1.54, 1.807) is 0 Å². The molecule has 1 amide bonds. The standard InChI is InChI=1S/C22H22N4O/c23-21-18-6-2-1-4-14(18)11-20(25-21)15-7-8-19-16(10-15)13-26(22(19)27)17-5-3-9-24-12-17/h1-2,4,6-8,10-11,17,24H,3,5,9,12-13H2,(H2,23,25). The van der Waals surface area contributed by atoms with E-state index in [0.29, 0.717) is 12.4 Å². The van der Waals surface area contributed by atoms with E-state index >= 15 is 0 Å². The van der Waals surface area contributed by atoms with Gasteiger partial charge in [0.2, 0.25) is 0 Å². The first kappa shape index (κ1) is 16.3. The molecule has 3 heterocycles. The highest BCUT2D eigenvalue weighted by Gasteiger charge is 2.33. The molecule has 0 spiro atoms. The summed E-state index contributed by atoms with van der Waals surface area (Å²) < 4.78 is 0. The van der Waals surface area contributed by atoms with Crippen LogP contribution in [0.5, 0.6) is 0 Å². The van der Waals surface area contributed by atoms with Crippen molar-refractivity contribution in [1.29, 1.82) is 0 Å². The number of nitrogens with one attached hydrogen (secondary N) is 1. The second-order valence-electron chi connectivity index (χ2n) is 7.42. The van der Waals surface area contributed by atoms with Crippen LogP contribution in [-0.2, 0) is 6.54 Å². The van der Waals surface area contributed by atoms with Crippen molar-refractivity contribution in [2.24, 2.45) is 0 Å². The summed E-state index contributed by atoms with van der Waals surface area (Å²) in [5, 5.41) is 5.44. The Kier molecular flexibility index (Phi) is 3.83. The van der Waals surface area contributed by atoms with Gasteiger partial charge in [-0.2, -0.15) is 0 Å². The van der Waals surface area contributed by atoms with E-state index in [9.17, 15) is 4.79 Å². The van der Waals surface area contributed by atoms with Crippen LogP contribution in [0, 0.1) is 0 Å². The molecule has 2 aromatic carbocycles. The predicted octanol–water partition coefficient (Wildman–Crippen LogP) is 3.19. The highest BCUT2D eigenvalue weighted by molar-refractivity contribution is 5.99. The van der Waals surface area contributed by atoms with E-state index in [-0.39, 0.29) is 11.9 Å². The second-order valence-corrected chi connectivity index (χ2v) is 7.42. The molecule has 0 saturated carbocycles. The number of anilines is 1. The number of hydrogen-bond donors (Lipinski definition) is 2. The fourth-order valence-electron chi connectivity index (χ4n) is 4.27. The number of nitrogen functional groups attached to an aromatic ring is 1. The van der Waals surface area contributed by atoms with Gasteiger partial charge in [-0.1, -0.05) is 30.3 Å². The lowest BCUT2D eigenvalue weighted by atomic mass is 10.0. The molecular weight excluding hydrogens is 336 g/mol. The van der Waals surface area contributed by atoms with Crippen LogP contribution in [0.15, 0.2) is 48.5 Å². The van der Waals surface area contributed by atoms with E-state index in [2.05, 4.69) is 22.4 Å². The zero-order valence-electron chi connectivity index (χ0n) is 15.1. The second kappa shape index (κ2) is 6.35. The van der Waals surface area contributed by atoms with Gasteiger partial charge in [0.25, 0.3) is 5.91 Å². The van der Waals surface area contributed by atoms with Crippen molar-refractivity contribution in [1.82, 2.24) is 15.2 Å². The van der Waals surface area contributed by atoms with Crippen LogP contribution in [0.4, 0.5) is 5.82 Å². The normalized spacial score (nSPS) is 19.5. The molecule has 5 rings (SSSR count). The molecule has 0 radical (unpaired) electrons. The summed E-state index contributed by atoms with van der Waals surface area (Å²) in [4.78, 5) is 19.4. The van der Waals surface area contributed by atoms with E-state index in [0.717, 1.165) is 59.1 Å². The summed E-state index contributed by atoms with van der Waals surface area (Å²) in [6.07, 6.45) is 2.19. The minimum atomic E-state index is 0.149. The summed E-state index contributed by atoms with van der Waals surface area (Å²) >= 11 is 0. The lowest BCUT2D eigenvalue weighted by molar-refractivity contribution is 0.0674. The molecule has 5 heteroatoms. The van der Waals surface area contributed by atoms with Crippen molar-refractivity contribution in [2.45, 2.75) is 25.4 Å². The molecule has 3 aromatic rings. The minimum absolute atomic E-state index is 0.149. The number of amides is 1. The average molecular weight is 358 g/mol. The molecule has 1 saturated heterocycles. The molecule has 27 heavy (non-hydrogen) atoms. The molecule has 0 bridgehead atoms. The number of aromatic nitrogens is 1. The number of benzene rings is 2. The van der Waals surface area contributed by atoms with Crippen LogP contribution >= 0.6 is 0 Å². The van der Waals surface area contributed by atoms with Gasteiger partial charge >= 0.3 is 0 Å². The fraction of sp³-hybridized carbons (Fsp3) is 0.273. The number of fused-ring (bicyclic) bond motifs is 2. The third-order valence-electron chi connectivity index (χ3n) is 5.71. The zero-order chi connectivity index (χ0) is 18.4. The number of piperidine rings is 1. The number of carbonyl (C=O) groups is 1. The first-order valence-corrected chi connectivity index (χ1v) is 9.51. The summed E-state index contributed by atoms with van der Waals surface area (Å²) in [7, 11) is 0. The molecular formula is C22H22N4O. The van der Waals surface area contributed by atoms with Gasteiger partial charge in [0.1, 0.15) is 5.82 Å². The van der Waals surface area contributed by atoms with Crippen LogP contribution in [0.2, 0.25) is 0 Å². The van der Waals surface area contributed by atoms with Crippen molar-refractivity contribution >= 4 is 22.5 Å². The Bertz CT molecular complexity index is 1040. The van der Waals surface area contributed by atoms with E-state index < -0.39 is 0 Å². The summed E-state index contributed by atoms with van der Waals surface area (Å²) in [6.45, 7) is 2.61. The smallest absolute Gasteiger partial charge is 0.254 e. The Morgan fingerprint density at radius 2 is 2.04 bits per heavy atom. The van der Waals surface area contributed by atoms with Gasteiger partial charge < -0.3 is 16.0 Å². The van der Waals surface area contributed by atoms with Gasteiger partial charge in [0, 0.05) is 35.6 Å². The summed E-state index contributed by atoms with van der Waals surface area (Å²) in [5.74, 6) is 0.686. The molecule has 5 nitrogen and oxygen atoms in total. The number of pyridine rings is 1. The summed E-state index contributed by atoms with van der Waals surface area (Å²) in [5.41, 5.74) is 9.92. The maximum Gasteiger partial charge on any atom is 0.254 e. The third kappa shape index (κ3) is 2.75. The van der Waals surface area contributed by atoms with Crippen molar-refractivity contribution in [3.8, 4) is 11.3 Å². The monoisotopic (exact) mass is 358 g/mol. The molecule has 136 valence electrons. The number of rotatable bonds is 2. The third-order valence-corrected chi connectivity index (χ3v) is 5.71.